The molecule has 0 saturated heterocycles. The van der Waals surface area contributed by atoms with Gasteiger partial charge in [0.25, 0.3) is 0 Å². The molecule has 3 nitrogen and oxygen atoms in total. The molecule has 0 aromatic carbocycles. The van der Waals surface area contributed by atoms with Crippen molar-refractivity contribution >= 4 is 8.69 Å². The third kappa shape index (κ3) is 4.02. The number of hydrogen-bond donors (Lipinski definition) is 1. The standard InChI is InChI=1S/C2H6NO2P/c3-1-2-5-6-4/h1-3H2. The SMILES string of the molecule is NCCOP=O. The second kappa shape index (κ2) is 5.02. The largest absolute Gasteiger partial charge is 0.328 e. The van der Waals surface area contributed by atoms with E-state index in [0.717, 1.165) is 0 Å². The minimum absolute atomic E-state index is 0.285. The minimum Gasteiger partial charge on any atom is -0.328 e. The second-order valence-electron chi connectivity index (χ2n) is 0.696. The fourth-order valence-electron chi connectivity index (χ4n) is 0.0900. The smallest absolute Gasteiger partial charge is 0.327 e. The van der Waals surface area contributed by atoms with Crippen molar-refractivity contribution in [1.29, 1.82) is 0 Å². The van der Waals surface area contributed by atoms with Gasteiger partial charge in [-0.15, -0.1) is 0 Å². The number of hydrogen-bond acceptors (Lipinski definition) is 3. The highest BCUT2D eigenvalue weighted by Gasteiger charge is 1.74. The van der Waals surface area contributed by atoms with Crippen LogP contribution in [0.25, 0.3) is 0 Å². The monoisotopic (exact) mass is 107 g/mol. The van der Waals surface area contributed by atoms with E-state index in [4.69, 9.17) is 5.73 Å². The van der Waals surface area contributed by atoms with Gasteiger partial charge in [0.05, 0.1) is 6.61 Å². The molecular weight excluding hydrogens is 101 g/mol. The van der Waals surface area contributed by atoms with Gasteiger partial charge in [0.1, 0.15) is 0 Å². The van der Waals surface area contributed by atoms with E-state index in [1.54, 1.807) is 0 Å². The van der Waals surface area contributed by atoms with E-state index in [1.165, 1.54) is 0 Å². The average Bonchev–Trinajstić information content (AvgIpc) is 1.61. The van der Waals surface area contributed by atoms with Gasteiger partial charge >= 0.3 is 8.69 Å². The van der Waals surface area contributed by atoms with Crippen LogP contribution in [0.1, 0.15) is 0 Å². The summed E-state index contributed by atoms with van der Waals surface area (Å²) in [7, 11) is -0.285. The molecule has 0 fully saturated rings. The Morgan fingerprint density at radius 1 is 1.83 bits per heavy atom. The van der Waals surface area contributed by atoms with Gasteiger partial charge in [-0.05, 0) is 0 Å². The van der Waals surface area contributed by atoms with Gasteiger partial charge in [-0.1, -0.05) is 0 Å². The Morgan fingerprint density at radius 2 is 2.50 bits per heavy atom. The molecule has 0 bridgehead atoms. The lowest BCUT2D eigenvalue weighted by molar-refractivity contribution is 0.353. The van der Waals surface area contributed by atoms with Crippen molar-refractivity contribution in [3.8, 4) is 0 Å². The third-order valence-electron chi connectivity index (χ3n) is 0.262. The number of nitrogens with two attached hydrogens (primary N) is 1. The van der Waals surface area contributed by atoms with Gasteiger partial charge in [0, 0.05) is 6.54 Å². The molecule has 0 aromatic heterocycles. The summed E-state index contributed by atoms with van der Waals surface area (Å²) in [6.45, 7) is 0.792. The highest BCUT2D eigenvalue weighted by Crippen LogP contribution is 1.89. The van der Waals surface area contributed by atoms with Gasteiger partial charge < -0.3 is 5.73 Å². The molecule has 0 atom stereocenters. The zero-order valence-electron chi connectivity index (χ0n) is 3.26. The van der Waals surface area contributed by atoms with E-state index in [0.29, 0.717) is 13.2 Å². The fourth-order valence-corrected chi connectivity index (χ4v) is 0.270. The van der Waals surface area contributed by atoms with Crippen LogP contribution >= 0.6 is 8.69 Å². The molecule has 4 heteroatoms. The molecular formula is C2H6NO2P. The van der Waals surface area contributed by atoms with Crippen molar-refractivity contribution in [1.82, 2.24) is 0 Å². The number of rotatable bonds is 3. The average molecular weight is 107 g/mol. The van der Waals surface area contributed by atoms with Crippen molar-refractivity contribution in [3.63, 3.8) is 0 Å². The molecule has 2 N–H and O–H groups in total. The Morgan fingerprint density at radius 3 is 2.67 bits per heavy atom. The summed E-state index contributed by atoms with van der Waals surface area (Å²) in [4.78, 5) is 0. The Balaban J connectivity index is 2.49. The predicted molar refractivity (Wildman–Crippen MR) is 22.6 cm³/mol. The van der Waals surface area contributed by atoms with E-state index in [1.807, 2.05) is 0 Å². The van der Waals surface area contributed by atoms with Gasteiger partial charge in [-0.2, -0.15) is 0 Å². The topological polar surface area (TPSA) is 52.3 Å². The Kier molecular flexibility index (Phi) is 5.04. The summed E-state index contributed by atoms with van der Waals surface area (Å²) in [5.41, 5.74) is 4.95. The first kappa shape index (κ1) is 6.02. The highest BCUT2D eigenvalue weighted by atomic mass is 31.1. The first-order chi connectivity index (χ1) is 2.91. The molecule has 0 unspecified atom stereocenters. The van der Waals surface area contributed by atoms with Crippen LogP contribution in [0.5, 0.6) is 0 Å². The van der Waals surface area contributed by atoms with Gasteiger partial charge in [0.15, 0.2) is 0 Å². The maximum atomic E-state index is 9.38. The van der Waals surface area contributed by atoms with Crippen molar-refractivity contribution in [2.45, 2.75) is 0 Å². The van der Waals surface area contributed by atoms with Crippen LogP contribution in [0.4, 0.5) is 0 Å². The summed E-state index contributed by atoms with van der Waals surface area (Å²) in [6.07, 6.45) is 0. The second-order valence-corrected chi connectivity index (χ2v) is 1.10. The lowest BCUT2D eigenvalue weighted by Crippen LogP contribution is -2.03. The fraction of sp³-hybridized carbons (Fsp3) is 1.00. The maximum absolute atomic E-state index is 9.38. The molecule has 0 rings (SSSR count). The molecule has 6 heavy (non-hydrogen) atoms. The molecule has 0 aliphatic rings. The Labute approximate surface area is 37.8 Å². The van der Waals surface area contributed by atoms with Crippen LogP contribution in [0.2, 0.25) is 0 Å². The van der Waals surface area contributed by atoms with E-state index in [2.05, 4.69) is 4.52 Å². The summed E-state index contributed by atoms with van der Waals surface area (Å²) in [6, 6.07) is 0. The van der Waals surface area contributed by atoms with Crippen LogP contribution in [0.3, 0.4) is 0 Å². The van der Waals surface area contributed by atoms with Crippen LogP contribution in [0, 0.1) is 0 Å². The Hall–Kier alpha value is 0.0200. The van der Waals surface area contributed by atoms with Crippen LogP contribution in [-0.2, 0) is 9.09 Å². The first-order valence-corrected chi connectivity index (χ1v) is 2.29. The van der Waals surface area contributed by atoms with Crippen molar-refractivity contribution in [2.75, 3.05) is 13.2 Å². The molecule has 0 radical (unpaired) electrons. The van der Waals surface area contributed by atoms with E-state index in [9.17, 15) is 4.57 Å². The predicted octanol–water partition coefficient (Wildman–Crippen LogP) is 0.168. The van der Waals surface area contributed by atoms with Crippen LogP contribution in [-0.4, -0.2) is 13.2 Å². The first-order valence-electron chi connectivity index (χ1n) is 1.56. The minimum atomic E-state index is -0.285. The van der Waals surface area contributed by atoms with Gasteiger partial charge in [-0.3, -0.25) is 4.52 Å². The normalized spacial score (nSPS) is 9.50. The Bertz CT molecular complexity index is 40.5. The molecule has 0 spiro atoms. The molecule has 0 amide bonds. The summed E-state index contributed by atoms with van der Waals surface area (Å²) < 4.78 is 13.7. The zero-order chi connectivity index (χ0) is 4.83. The summed E-state index contributed by atoms with van der Waals surface area (Å²) >= 11 is 0. The molecule has 0 saturated carbocycles. The molecule has 0 aliphatic carbocycles. The highest BCUT2D eigenvalue weighted by molar-refractivity contribution is 7.17. The summed E-state index contributed by atoms with van der Waals surface area (Å²) in [5, 5.41) is 0. The third-order valence-corrected chi connectivity index (χ3v) is 0.550. The van der Waals surface area contributed by atoms with Crippen molar-refractivity contribution in [2.24, 2.45) is 5.73 Å². The van der Waals surface area contributed by atoms with Crippen molar-refractivity contribution < 1.29 is 9.09 Å². The molecule has 0 heterocycles. The van der Waals surface area contributed by atoms with E-state index in [-0.39, 0.29) is 8.69 Å². The van der Waals surface area contributed by atoms with E-state index >= 15 is 0 Å². The lowest BCUT2D eigenvalue weighted by Gasteiger charge is -1.81. The molecule has 36 valence electrons. The van der Waals surface area contributed by atoms with Gasteiger partial charge in [-0.25, -0.2) is 4.57 Å². The summed E-state index contributed by atoms with van der Waals surface area (Å²) in [5.74, 6) is 0. The zero-order valence-corrected chi connectivity index (χ0v) is 4.15. The maximum Gasteiger partial charge on any atom is 0.327 e. The molecule has 0 aliphatic heterocycles. The van der Waals surface area contributed by atoms with Crippen molar-refractivity contribution in [3.05, 3.63) is 0 Å². The quantitative estimate of drug-likeness (QED) is 0.413. The van der Waals surface area contributed by atoms with E-state index < -0.39 is 0 Å². The van der Waals surface area contributed by atoms with Gasteiger partial charge in [0.2, 0.25) is 0 Å². The van der Waals surface area contributed by atoms with Crippen LogP contribution in [0.15, 0.2) is 0 Å². The van der Waals surface area contributed by atoms with Crippen LogP contribution < -0.4 is 5.73 Å². The molecule has 0 aromatic rings. The lowest BCUT2D eigenvalue weighted by atomic mass is 10.8.